The number of rotatable bonds is 4. The summed E-state index contributed by atoms with van der Waals surface area (Å²) < 4.78 is 6.97. The van der Waals surface area contributed by atoms with Gasteiger partial charge in [-0.1, -0.05) is 20.8 Å². The number of benzene rings is 1. The van der Waals surface area contributed by atoms with Crippen molar-refractivity contribution in [1.82, 2.24) is 14.8 Å². The number of nitrogens with zero attached hydrogens (tertiary/aromatic N) is 3. The molecule has 112 valence electrons. The van der Waals surface area contributed by atoms with Gasteiger partial charge in [0.25, 0.3) is 5.82 Å². The van der Waals surface area contributed by atoms with Crippen LogP contribution in [0.5, 0.6) is 5.75 Å². The Kier molecular flexibility index (Phi) is 3.97. The summed E-state index contributed by atoms with van der Waals surface area (Å²) >= 11 is 0. The predicted molar refractivity (Wildman–Crippen MR) is 78.2 cm³/mol. The van der Waals surface area contributed by atoms with Gasteiger partial charge in [0.1, 0.15) is 11.6 Å². The number of carboxylic acid groups (broad SMARTS) is 1. The van der Waals surface area contributed by atoms with Crippen LogP contribution < -0.4 is 4.74 Å². The van der Waals surface area contributed by atoms with E-state index in [1.165, 1.54) is 0 Å². The minimum absolute atomic E-state index is 0.200. The van der Waals surface area contributed by atoms with Crippen LogP contribution in [0.3, 0.4) is 0 Å². The summed E-state index contributed by atoms with van der Waals surface area (Å²) in [4.78, 5) is 15.2. The monoisotopic (exact) mass is 289 g/mol. The zero-order valence-corrected chi connectivity index (χ0v) is 12.6. The molecule has 0 saturated carbocycles. The second-order valence-electron chi connectivity index (χ2n) is 5.65. The fourth-order valence-electron chi connectivity index (χ4n) is 1.92. The SMILES string of the molecule is CCOc1ccc(-n2nc(C(=O)O)nc2C(C)(C)C)cc1. The standard InChI is InChI=1S/C15H19N3O3/c1-5-21-11-8-6-10(7-9-11)18-14(15(2,3)4)16-12(17-18)13(19)20/h6-9H,5H2,1-4H3,(H,19,20). The average Bonchev–Trinajstić information content (AvgIpc) is 2.85. The van der Waals surface area contributed by atoms with E-state index in [9.17, 15) is 4.79 Å². The topological polar surface area (TPSA) is 77.2 Å². The van der Waals surface area contributed by atoms with Gasteiger partial charge in [-0.25, -0.2) is 14.5 Å². The fourth-order valence-corrected chi connectivity index (χ4v) is 1.92. The van der Waals surface area contributed by atoms with Crippen molar-refractivity contribution in [3.63, 3.8) is 0 Å². The van der Waals surface area contributed by atoms with Gasteiger partial charge in [0.2, 0.25) is 0 Å². The molecule has 6 nitrogen and oxygen atoms in total. The molecule has 1 heterocycles. The zero-order valence-electron chi connectivity index (χ0n) is 12.6. The molecular weight excluding hydrogens is 270 g/mol. The molecule has 0 aliphatic rings. The highest BCUT2D eigenvalue weighted by atomic mass is 16.5. The van der Waals surface area contributed by atoms with Gasteiger partial charge >= 0.3 is 5.97 Å². The van der Waals surface area contributed by atoms with E-state index in [4.69, 9.17) is 9.84 Å². The highest BCUT2D eigenvalue weighted by Gasteiger charge is 2.25. The molecule has 1 N–H and O–H groups in total. The van der Waals surface area contributed by atoms with Gasteiger partial charge in [0.15, 0.2) is 0 Å². The molecule has 0 aliphatic heterocycles. The molecule has 0 atom stereocenters. The lowest BCUT2D eigenvalue weighted by atomic mass is 9.95. The summed E-state index contributed by atoms with van der Waals surface area (Å²) in [6.07, 6.45) is 0. The lowest BCUT2D eigenvalue weighted by molar-refractivity contribution is 0.0683. The van der Waals surface area contributed by atoms with Crippen LogP contribution in [-0.4, -0.2) is 32.4 Å². The van der Waals surface area contributed by atoms with E-state index in [1.807, 2.05) is 52.0 Å². The molecule has 0 aliphatic carbocycles. The van der Waals surface area contributed by atoms with Crippen LogP contribution in [0.15, 0.2) is 24.3 Å². The molecule has 0 fully saturated rings. The Bertz CT molecular complexity index is 639. The first kappa shape index (κ1) is 15.0. The van der Waals surface area contributed by atoms with E-state index in [-0.39, 0.29) is 11.2 Å². The van der Waals surface area contributed by atoms with Crippen molar-refractivity contribution in [2.24, 2.45) is 0 Å². The zero-order chi connectivity index (χ0) is 15.6. The molecule has 21 heavy (non-hydrogen) atoms. The average molecular weight is 289 g/mol. The van der Waals surface area contributed by atoms with E-state index in [2.05, 4.69) is 10.1 Å². The summed E-state index contributed by atoms with van der Waals surface area (Å²) in [5, 5.41) is 13.2. The molecule has 0 radical (unpaired) electrons. The van der Waals surface area contributed by atoms with Crippen LogP contribution >= 0.6 is 0 Å². The van der Waals surface area contributed by atoms with E-state index < -0.39 is 5.97 Å². The van der Waals surface area contributed by atoms with E-state index in [0.717, 1.165) is 11.4 Å². The van der Waals surface area contributed by atoms with Crippen molar-refractivity contribution < 1.29 is 14.6 Å². The molecule has 2 aromatic rings. The van der Waals surface area contributed by atoms with Crippen molar-refractivity contribution in [2.75, 3.05) is 6.61 Å². The maximum absolute atomic E-state index is 11.1. The molecule has 0 spiro atoms. The van der Waals surface area contributed by atoms with Gasteiger partial charge in [0.05, 0.1) is 12.3 Å². The molecule has 6 heteroatoms. The molecule has 2 rings (SSSR count). The molecule has 0 amide bonds. The number of carboxylic acids is 1. The summed E-state index contributed by atoms with van der Waals surface area (Å²) in [5.74, 6) is 0.0280. The summed E-state index contributed by atoms with van der Waals surface area (Å²) in [6, 6.07) is 7.32. The van der Waals surface area contributed by atoms with Crippen LogP contribution in [0.2, 0.25) is 0 Å². The van der Waals surface area contributed by atoms with E-state index in [0.29, 0.717) is 12.4 Å². The minimum atomic E-state index is -1.13. The van der Waals surface area contributed by atoms with E-state index in [1.54, 1.807) is 4.68 Å². The smallest absolute Gasteiger partial charge is 0.375 e. The Hall–Kier alpha value is -2.37. The third-order valence-corrected chi connectivity index (χ3v) is 2.86. The lowest BCUT2D eigenvalue weighted by Gasteiger charge is -2.18. The molecule has 0 bridgehead atoms. The number of aromatic carboxylic acids is 1. The Labute approximate surface area is 123 Å². The maximum atomic E-state index is 11.1. The summed E-state index contributed by atoms with van der Waals surface area (Å²) in [6.45, 7) is 8.41. The van der Waals surface area contributed by atoms with E-state index >= 15 is 0 Å². The van der Waals surface area contributed by atoms with Crippen LogP contribution in [0, 0.1) is 0 Å². The highest BCUT2D eigenvalue weighted by Crippen LogP contribution is 2.24. The number of aromatic nitrogens is 3. The quantitative estimate of drug-likeness (QED) is 0.936. The first-order valence-electron chi connectivity index (χ1n) is 6.77. The molecular formula is C15H19N3O3. The normalized spacial score (nSPS) is 11.4. The Morgan fingerprint density at radius 1 is 1.29 bits per heavy atom. The predicted octanol–water partition coefficient (Wildman–Crippen LogP) is 2.66. The van der Waals surface area contributed by atoms with Crippen molar-refractivity contribution >= 4 is 5.97 Å². The van der Waals surface area contributed by atoms with Gasteiger partial charge in [-0.05, 0) is 31.2 Å². The first-order chi connectivity index (χ1) is 9.82. The fraction of sp³-hybridized carbons (Fsp3) is 0.400. The van der Waals surface area contributed by atoms with Crippen molar-refractivity contribution in [1.29, 1.82) is 0 Å². The van der Waals surface area contributed by atoms with Crippen LogP contribution in [0.25, 0.3) is 5.69 Å². The van der Waals surface area contributed by atoms with Crippen LogP contribution in [0.1, 0.15) is 44.1 Å². The largest absolute Gasteiger partial charge is 0.494 e. The van der Waals surface area contributed by atoms with Crippen molar-refractivity contribution in [3.05, 3.63) is 35.9 Å². The van der Waals surface area contributed by atoms with Gasteiger partial charge in [0, 0.05) is 5.41 Å². The highest BCUT2D eigenvalue weighted by molar-refractivity contribution is 5.83. The van der Waals surface area contributed by atoms with Crippen molar-refractivity contribution in [2.45, 2.75) is 33.1 Å². The minimum Gasteiger partial charge on any atom is -0.494 e. The van der Waals surface area contributed by atoms with Gasteiger partial charge < -0.3 is 9.84 Å². The number of hydrogen-bond donors (Lipinski definition) is 1. The Morgan fingerprint density at radius 2 is 1.90 bits per heavy atom. The van der Waals surface area contributed by atoms with Crippen LogP contribution in [-0.2, 0) is 5.41 Å². The second kappa shape index (κ2) is 5.55. The Morgan fingerprint density at radius 3 is 2.38 bits per heavy atom. The van der Waals surface area contributed by atoms with Crippen LogP contribution in [0.4, 0.5) is 0 Å². The molecule has 1 aromatic heterocycles. The molecule has 1 aromatic carbocycles. The third kappa shape index (κ3) is 3.21. The second-order valence-corrected chi connectivity index (χ2v) is 5.65. The lowest BCUT2D eigenvalue weighted by Crippen LogP contribution is -2.18. The third-order valence-electron chi connectivity index (χ3n) is 2.86. The number of hydrogen-bond acceptors (Lipinski definition) is 4. The maximum Gasteiger partial charge on any atom is 0.375 e. The number of ether oxygens (including phenoxy) is 1. The van der Waals surface area contributed by atoms with Crippen molar-refractivity contribution in [3.8, 4) is 11.4 Å². The summed E-state index contributed by atoms with van der Waals surface area (Å²) in [7, 11) is 0. The van der Waals surface area contributed by atoms with Gasteiger partial charge in [-0.3, -0.25) is 0 Å². The first-order valence-corrected chi connectivity index (χ1v) is 6.77. The van der Waals surface area contributed by atoms with Gasteiger partial charge in [-0.15, -0.1) is 5.10 Å². The Balaban J connectivity index is 2.49. The van der Waals surface area contributed by atoms with Gasteiger partial charge in [-0.2, -0.15) is 0 Å². The number of carbonyl (C=O) groups is 1. The molecule has 0 unspecified atom stereocenters. The summed E-state index contributed by atoms with van der Waals surface area (Å²) in [5.41, 5.74) is 0.433. The molecule has 0 saturated heterocycles.